The summed E-state index contributed by atoms with van der Waals surface area (Å²) in [6, 6.07) is 33.6. The monoisotopic (exact) mass is 693 g/mol. The highest BCUT2D eigenvalue weighted by molar-refractivity contribution is 14.1. The van der Waals surface area contributed by atoms with Crippen LogP contribution >= 0.6 is 45.8 Å². The smallest absolute Gasteiger partial charge is 0.187 e. The highest BCUT2D eigenvalue weighted by Crippen LogP contribution is 2.42. The van der Waals surface area contributed by atoms with Gasteiger partial charge in [0.2, 0.25) is 0 Å². The molecule has 2 fully saturated rings. The number of nitrogens with zero attached hydrogens (tertiary/aromatic N) is 1. The summed E-state index contributed by atoms with van der Waals surface area (Å²) in [5, 5.41) is 8.49. The van der Waals surface area contributed by atoms with Crippen molar-refractivity contribution in [2.45, 2.75) is 36.5 Å². The maximum absolute atomic E-state index is 7.10. The van der Waals surface area contributed by atoms with Crippen LogP contribution in [0.4, 0.5) is 5.69 Å². The molecule has 2 saturated heterocycles. The minimum absolute atomic E-state index is 0.0242. The number of benzene rings is 4. The Morgan fingerprint density at radius 3 is 1.20 bits per heavy atom. The van der Waals surface area contributed by atoms with Gasteiger partial charge in [-0.15, -0.1) is 0 Å². The van der Waals surface area contributed by atoms with Gasteiger partial charge in [0.1, 0.15) is 0 Å². The molecule has 6 heteroatoms. The number of halogens is 3. The molecule has 210 valence electrons. The minimum Gasteiger partial charge on any atom is -0.317 e. The molecule has 2 aliphatic heterocycles. The number of nitrogens with one attached hydrogen (secondary N) is 2. The summed E-state index contributed by atoms with van der Waals surface area (Å²) in [6.45, 7) is 11.2. The van der Waals surface area contributed by atoms with Crippen molar-refractivity contribution < 1.29 is 0 Å². The molecule has 4 aromatic carbocycles. The van der Waals surface area contributed by atoms with Gasteiger partial charge < -0.3 is 10.6 Å². The van der Waals surface area contributed by atoms with Gasteiger partial charge in [-0.05, 0) is 133 Å². The van der Waals surface area contributed by atoms with E-state index in [1.807, 2.05) is 36.4 Å². The van der Waals surface area contributed by atoms with Crippen LogP contribution in [0.3, 0.4) is 0 Å². The van der Waals surface area contributed by atoms with Crippen molar-refractivity contribution in [2.24, 2.45) is 0 Å². The molecule has 0 unspecified atom stereocenters. The van der Waals surface area contributed by atoms with Gasteiger partial charge in [0.15, 0.2) is 5.69 Å². The second-order valence-corrected chi connectivity index (χ2v) is 13.0. The van der Waals surface area contributed by atoms with Crippen LogP contribution in [-0.2, 0) is 10.8 Å². The zero-order chi connectivity index (χ0) is 28.7. The van der Waals surface area contributed by atoms with Crippen molar-refractivity contribution in [1.29, 1.82) is 0 Å². The molecule has 2 aliphatic rings. The van der Waals surface area contributed by atoms with E-state index >= 15 is 0 Å². The van der Waals surface area contributed by atoms with Crippen LogP contribution in [0.15, 0.2) is 97.1 Å². The number of hydrogen-bond donors (Lipinski definition) is 2. The molecule has 0 radical (unpaired) electrons. The lowest BCUT2D eigenvalue weighted by atomic mass is 9.68. The van der Waals surface area contributed by atoms with Crippen molar-refractivity contribution in [3.8, 4) is 0 Å². The van der Waals surface area contributed by atoms with Gasteiger partial charge in [0, 0.05) is 24.4 Å². The van der Waals surface area contributed by atoms with Gasteiger partial charge in [0.25, 0.3) is 0 Å². The van der Waals surface area contributed by atoms with E-state index in [4.69, 9.17) is 29.8 Å². The Morgan fingerprint density at radius 1 is 0.537 bits per heavy atom. The van der Waals surface area contributed by atoms with E-state index in [2.05, 4.69) is 98.7 Å². The van der Waals surface area contributed by atoms with E-state index in [0.29, 0.717) is 5.69 Å². The normalized spacial score (nSPS) is 17.5. The van der Waals surface area contributed by atoms with E-state index in [1.54, 1.807) is 0 Å². The van der Waals surface area contributed by atoms with Crippen molar-refractivity contribution >= 4 is 51.5 Å². The van der Waals surface area contributed by atoms with E-state index < -0.39 is 0 Å². The summed E-state index contributed by atoms with van der Waals surface area (Å²) in [5.41, 5.74) is 6.24. The second kappa shape index (κ2) is 13.7. The van der Waals surface area contributed by atoms with Crippen LogP contribution < -0.4 is 10.6 Å². The summed E-state index contributed by atoms with van der Waals surface area (Å²) >= 11 is 14.4. The zero-order valence-electron chi connectivity index (χ0n) is 23.0. The summed E-state index contributed by atoms with van der Waals surface area (Å²) in [5.74, 6) is 0. The first kappa shape index (κ1) is 30.1. The van der Waals surface area contributed by atoms with Gasteiger partial charge in [0.05, 0.1) is 6.57 Å². The van der Waals surface area contributed by atoms with Gasteiger partial charge >= 0.3 is 0 Å². The fourth-order valence-corrected chi connectivity index (χ4v) is 6.97. The van der Waals surface area contributed by atoms with Crippen LogP contribution in [0.25, 0.3) is 4.85 Å². The largest absolute Gasteiger partial charge is 0.317 e. The number of hydrogen-bond acceptors (Lipinski definition) is 2. The Morgan fingerprint density at radius 2 is 0.854 bits per heavy atom. The van der Waals surface area contributed by atoms with Gasteiger partial charge in [-0.2, -0.15) is 0 Å². The van der Waals surface area contributed by atoms with Crippen LogP contribution in [0.1, 0.15) is 47.9 Å². The number of rotatable bonds is 4. The maximum Gasteiger partial charge on any atom is 0.187 e. The lowest BCUT2D eigenvalue weighted by Crippen LogP contribution is -2.40. The molecule has 0 bridgehead atoms. The molecule has 6 rings (SSSR count). The molecule has 0 aromatic heterocycles. The van der Waals surface area contributed by atoms with Crippen molar-refractivity contribution in [3.05, 3.63) is 144 Å². The quantitative estimate of drug-likeness (QED) is 0.165. The summed E-state index contributed by atoms with van der Waals surface area (Å²) in [6.07, 6.45) is 4.39. The Balaban J connectivity index is 0.000000165. The predicted molar refractivity (Wildman–Crippen MR) is 181 cm³/mol. The van der Waals surface area contributed by atoms with Crippen LogP contribution in [0, 0.1) is 10.1 Å². The van der Waals surface area contributed by atoms with Crippen LogP contribution in [0.2, 0.25) is 10.0 Å². The first-order valence-electron chi connectivity index (χ1n) is 14.1. The third kappa shape index (κ3) is 6.82. The third-order valence-corrected chi connectivity index (χ3v) is 9.88. The summed E-state index contributed by atoms with van der Waals surface area (Å²) in [4.78, 5) is 3.48. The molecule has 0 aliphatic carbocycles. The molecule has 2 N–H and O–H groups in total. The highest BCUT2D eigenvalue weighted by atomic mass is 127. The average molecular weight is 694 g/mol. The highest BCUT2D eigenvalue weighted by Gasteiger charge is 2.36. The lowest BCUT2D eigenvalue weighted by Gasteiger charge is -2.39. The SMILES string of the molecule is Clc1ccc(C2(c3ccc(I)cc3)CCNCC2)cc1.[C-]#[N+]c1ccc(C2(c3ccc(Cl)cc3)CCNCC2)cc1. The fourth-order valence-electron chi connectivity index (χ4n) is 6.36. The van der Waals surface area contributed by atoms with Gasteiger partial charge in [-0.1, -0.05) is 83.9 Å². The topological polar surface area (TPSA) is 28.4 Å². The standard InChI is InChI=1S/C18H17ClN2.C17H17ClIN/c1-20-17-8-4-15(5-9-17)18(10-12-21-13-11-18)14-2-6-16(19)7-3-14;18-15-5-1-13(2-6-15)17(9-11-20-12-10-17)14-3-7-16(19)8-4-14/h2-9,21H,10-13H2;1-8,20H,9-12H2. The van der Waals surface area contributed by atoms with E-state index in [9.17, 15) is 0 Å². The van der Waals surface area contributed by atoms with Crippen LogP contribution in [0.5, 0.6) is 0 Å². The van der Waals surface area contributed by atoms with Crippen molar-refractivity contribution in [1.82, 2.24) is 10.6 Å². The van der Waals surface area contributed by atoms with Crippen LogP contribution in [-0.4, -0.2) is 26.2 Å². The Hall–Kier alpha value is -2.40. The lowest BCUT2D eigenvalue weighted by molar-refractivity contribution is 0.362. The molecule has 4 aromatic rings. The molecular weight excluding hydrogens is 660 g/mol. The number of piperidine rings is 2. The Kier molecular flexibility index (Phi) is 10.1. The average Bonchev–Trinajstić information content (AvgIpc) is 3.03. The molecule has 3 nitrogen and oxygen atoms in total. The third-order valence-electron chi connectivity index (χ3n) is 8.65. The minimum atomic E-state index is 0.0242. The van der Waals surface area contributed by atoms with Crippen molar-refractivity contribution in [3.63, 3.8) is 0 Å². The summed E-state index contributed by atoms with van der Waals surface area (Å²) < 4.78 is 1.28. The first-order chi connectivity index (χ1) is 19.9. The van der Waals surface area contributed by atoms with Gasteiger partial charge in [-0.3, -0.25) is 0 Å². The Bertz CT molecular complexity index is 1400. The molecule has 0 atom stereocenters. The Labute approximate surface area is 267 Å². The molecular formula is C35H34Cl2IN3. The molecule has 2 heterocycles. The summed E-state index contributed by atoms with van der Waals surface area (Å²) in [7, 11) is 0. The molecule has 0 spiro atoms. The van der Waals surface area contributed by atoms with Crippen molar-refractivity contribution in [2.75, 3.05) is 26.2 Å². The maximum atomic E-state index is 7.10. The predicted octanol–water partition coefficient (Wildman–Crippen LogP) is 9.17. The second-order valence-electron chi connectivity index (χ2n) is 10.8. The first-order valence-corrected chi connectivity index (χ1v) is 16.0. The molecule has 0 amide bonds. The molecule has 41 heavy (non-hydrogen) atoms. The van der Waals surface area contributed by atoms with E-state index in [1.165, 1.54) is 25.8 Å². The van der Waals surface area contributed by atoms with E-state index in [0.717, 1.165) is 61.9 Å². The fraction of sp³-hybridized carbons (Fsp3) is 0.286. The van der Waals surface area contributed by atoms with E-state index in [-0.39, 0.29) is 10.8 Å². The molecule has 0 saturated carbocycles. The zero-order valence-corrected chi connectivity index (χ0v) is 26.6. The van der Waals surface area contributed by atoms with Gasteiger partial charge in [-0.25, -0.2) is 4.85 Å².